The minimum Gasteiger partial charge on any atom is -0.280 e. The monoisotopic (exact) mass is 434 g/mol. The maximum absolute atomic E-state index is 12.5. The van der Waals surface area contributed by atoms with Crippen LogP contribution in [-0.4, -0.2) is 32.5 Å². The fourth-order valence-electron chi connectivity index (χ4n) is 2.58. The molecule has 1 heterocycles. The highest BCUT2D eigenvalue weighted by molar-refractivity contribution is 7.92. The Morgan fingerprint density at radius 3 is 2.10 bits per heavy atom. The molecule has 3 rings (SSSR count). The summed E-state index contributed by atoms with van der Waals surface area (Å²) in [4.78, 5) is 11.9. The van der Waals surface area contributed by atoms with Crippen molar-refractivity contribution in [2.75, 3.05) is 4.72 Å². The van der Waals surface area contributed by atoms with Crippen molar-refractivity contribution in [1.82, 2.24) is 14.5 Å². The maximum atomic E-state index is 12.5. The van der Waals surface area contributed by atoms with Gasteiger partial charge in [-0.2, -0.15) is 5.10 Å². The molecule has 29 heavy (non-hydrogen) atoms. The molecule has 0 aliphatic heterocycles. The van der Waals surface area contributed by atoms with Crippen LogP contribution in [0.2, 0.25) is 0 Å². The molecule has 1 aromatic heterocycles. The molecule has 9 nitrogen and oxygen atoms in total. The van der Waals surface area contributed by atoms with Crippen LogP contribution in [-0.2, 0) is 27.1 Å². The Labute approximate surface area is 168 Å². The Bertz CT molecular complexity index is 1250. The van der Waals surface area contributed by atoms with E-state index in [1.165, 1.54) is 47.3 Å². The number of rotatable bonds is 6. The molecule has 0 fully saturated rings. The summed E-state index contributed by atoms with van der Waals surface area (Å²) in [6, 6.07) is 12.9. The van der Waals surface area contributed by atoms with Crippen LogP contribution in [0.1, 0.15) is 16.1 Å². The van der Waals surface area contributed by atoms with Gasteiger partial charge in [-0.1, -0.05) is 18.2 Å². The van der Waals surface area contributed by atoms with Crippen LogP contribution in [0.5, 0.6) is 0 Å². The summed E-state index contributed by atoms with van der Waals surface area (Å²) >= 11 is 0. The number of hydrogen-bond donors (Lipinski definition) is 2. The second-order valence-electron chi connectivity index (χ2n) is 6.18. The average molecular weight is 434 g/mol. The first-order valence-electron chi connectivity index (χ1n) is 8.34. The number of carbonyl (C=O) groups is 1. The molecule has 0 atom stereocenters. The third kappa shape index (κ3) is 4.63. The predicted molar refractivity (Wildman–Crippen MR) is 106 cm³/mol. The molecule has 2 aromatic carbocycles. The van der Waals surface area contributed by atoms with Gasteiger partial charge < -0.3 is 0 Å². The number of sulfonamides is 2. The van der Waals surface area contributed by atoms with Gasteiger partial charge in [-0.05, 0) is 43.3 Å². The molecule has 0 spiro atoms. The molecule has 11 heteroatoms. The normalized spacial score (nSPS) is 11.8. The van der Waals surface area contributed by atoms with Gasteiger partial charge in [0.05, 0.1) is 10.6 Å². The van der Waals surface area contributed by atoms with Crippen LogP contribution in [0.3, 0.4) is 0 Å². The van der Waals surface area contributed by atoms with Crippen molar-refractivity contribution < 1.29 is 21.6 Å². The Morgan fingerprint density at radius 1 is 0.931 bits per heavy atom. The molecule has 0 aliphatic rings. The minimum atomic E-state index is -4.11. The maximum Gasteiger partial charge on any atom is 0.265 e. The third-order valence-corrected chi connectivity index (χ3v) is 6.77. The molecular formula is C18H18N4O5S2. The largest absolute Gasteiger partial charge is 0.280 e. The molecule has 0 saturated carbocycles. The lowest BCUT2D eigenvalue weighted by Gasteiger charge is -2.09. The van der Waals surface area contributed by atoms with Crippen molar-refractivity contribution in [3.05, 3.63) is 72.1 Å². The minimum absolute atomic E-state index is 0.0202. The number of benzene rings is 2. The Kier molecular flexibility index (Phi) is 5.44. The van der Waals surface area contributed by atoms with Gasteiger partial charge in [-0.15, -0.1) is 0 Å². The lowest BCUT2D eigenvalue weighted by molar-refractivity contribution is 0.0981. The molecule has 0 bridgehead atoms. The number of nitrogens with one attached hydrogen (secondary N) is 2. The number of aryl methyl sites for hydroxylation is 2. The number of amides is 1. The zero-order valence-corrected chi connectivity index (χ0v) is 17.2. The van der Waals surface area contributed by atoms with Crippen molar-refractivity contribution in [3.63, 3.8) is 0 Å². The molecule has 152 valence electrons. The van der Waals surface area contributed by atoms with Crippen LogP contribution >= 0.6 is 0 Å². The topological polar surface area (TPSA) is 127 Å². The van der Waals surface area contributed by atoms with Gasteiger partial charge in [-0.25, -0.2) is 21.6 Å². The van der Waals surface area contributed by atoms with Crippen LogP contribution in [0.4, 0.5) is 5.69 Å². The van der Waals surface area contributed by atoms with Crippen LogP contribution in [0.15, 0.2) is 70.6 Å². The van der Waals surface area contributed by atoms with E-state index in [0.29, 0.717) is 5.69 Å². The van der Waals surface area contributed by atoms with Crippen molar-refractivity contribution >= 4 is 31.6 Å². The van der Waals surface area contributed by atoms with Gasteiger partial charge in [-0.3, -0.25) is 14.2 Å². The lowest BCUT2D eigenvalue weighted by Crippen LogP contribution is -2.30. The van der Waals surface area contributed by atoms with E-state index in [4.69, 9.17) is 0 Å². The van der Waals surface area contributed by atoms with Gasteiger partial charge in [0.2, 0.25) is 0 Å². The molecular weight excluding hydrogens is 416 g/mol. The van der Waals surface area contributed by atoms with Crippen LogP contribution in [0.25, 0.3) is 0 Å². The summed E-state index contributed by atoms with van der Waals surface area (Å²) in [5, 5.41) is 4.00. The molecule has 0 aliphatic carbocycles. The zero-order valence-electron chi connectivity index (χ0n) is 15.5. The Morgan fingerprint density at radius 2 is 1.55 bits per heavy atom. The van der Waals surface area contributed by atoms with Crippen molar-refractivity contribution in [1.29, 1.82) is 0 Å². The highest BCUT2D eigenvalue weighted by Crippen LogP contribution is 2.20. The standard InChI is InChI=1S/C18H18N4O5S2/c1-13-17(12-22(2)19-13)29(26,27)20-15-8-10-16(11-9-15)28(24,25)21-18(23)14-6-4-3-5-7-14/h3-12,20H,1-2H3,(H,21,23). The Hall–Kier alpha value is -3.18. The summed E-state index contributed by atoms with van der Waals surface area (Å²) in [5.74, 6) is -0.762. The number of nitrogens with zero attached hydrogens (tertiary/aromatic N) is 2. The first kappa shape index (κ1) is 20.6. The molecule has 0 radical (unpaired) electrons. The Balaban J connectivity index is 1.77. The summed E-state index contributed by atoms with van der Waals surface area (Å²) < 4.78 is 55.5. The first-order chi connectivity index (χ1) is 13.6. The highest BCUT2D eigenvalue weighted by Gasteiger charge is 2.21. The molecule has 1 amide bonds. The van der Waals surface area contributed by atoms with Crippen LogP contribution in [0, 0.1) is 6.92 Å². The fraction of sp³-hybridized carbons (Fsp3) is 0.111. The van der Waals surface area contributed by atoms with Crippen molar-refractivity contribution in [2.45, 2.75) is 16.7 Å². The molecule has 0 unspecified atom stereocenters. The first-order valence-corrected chi connectivity index (χ1v) is 11.3. The summed E-state index contributed by atoms with van der Waals surface area (Å²) in [5.41, 5.74) is 0.705. The average Bonchev–Trinajstić information content (AvgIpc) is 3.01. The van der Waals surface area contributed by atoms with E-state index in [2.05, 4.69) is 9.82 Å². The van der Waals surface area contributed by atoms with Gasteiger partial charge in [0.15, 0.2) is 0 Å². The summed E-state index contributed by atoms with van der Waals surface area (Å²) in [6.07, 6.45) is 1.37. The van der Waals surface area contributed by atoms with Gasteiger partial charge in [0.1, 0.15) is 4.90 Å². The van der Waals surface area contributed by atoms with E-state index >= 15 is 0 Å². The zero-order chi connectivity index (χ0) is 21.2. The number of hydrogen-bond acceptors (Lipinski definition) is 6. The van der Waals surface area contributed by atoms with Crippen molar-refractivity contribution in [2.24, 2.45) is 7.05 Å². The van der Waals surface area contributed by atoms with E-state index in [1.54, 1.807) is 32.2 Å². The number of anilines is 1. The number of carbonyl (C=O) groups excluding carboxylic acids is 1. The third-order valence-electron chi connectivity index (χ3n) is 3.94. The molecule has 2 N–H and O–H groups in total. The molecule has 3 aromatic rings. The summed E-state index contributed by atoms with van der Waals surface area (Å²) in [6.45, 7) is 1.57. The second kappa shape index (κ2) is 7.68. The van der Waals surface area contributed by atoms with Gasteiger partial charge in [0.25, 0.3) is 26.0 Å². The van der Waals surface area contributed by atoms with Gasteiger partial charge in [0, 0.05) is 24.5 Å². The van der Waals surface area contributed by atoms with E-state index in [1.807, 2.05) is 4.72 Å². The molecule has 0 saturated heterocycles. The van der Waals surface area contributed by atoms with Gasteiger partial charge >= 0.3 is 0 Å². The predicted octanol–water partition coefficient (Wildman–Crippen LogP) is 1.65. The van der Waals surface area contributed by atoms with E-state index < -0.39 is 26.0 Å². The quantitative estimate of drug-likeness (QED) is 0.607. The highest BCUT2D eigenvalue weighted by atomic mass is 32.2. The van der Waals surface area contributed by atoms with E-state index in [-0.39, 0.29) is 21.0 Å². The van der Waals surface area contributed by atoms with E-state index in [0.717, 1.165) is 0 Å². The summed E-state index contributed by atoms with van der Waals surface area (Å²) in [7, 11) is -6.39. The fourth-order valence-corrected chi connectivity index (χ4v) is 4.83. The lowest BCUT2D eigenvalue weighted by atomic mass is 10.2. The number of aromatic nitrogens is 2. The van der Waals surface area contributed by atoms with Crippen LogP contribution < -0.4 is 9.44 Å². The second-order valence-corrected chi connectivity index (χ2v) is 9.52. The van der Waals surface area contributed by atoms with E-state index in [9.17, 15) is 21.6 Å². The van der Waals surface area contributed by atoms with Crippen molar-refractivity contribution in [3.8, 4) is 0 Å². The SMILES string of the molecule is Cc1nn(C)cc1S(=O)(=O)Nc1ccc(S(=O)(=O)NC(=O)c2ccccc2)cc1. The smallest absolute Gasteiger partial charge is 0.265 e.